The molecule has 1 amide bonds. The van der Waals surface area contributed by atoms with Crippen LogP contribution in [-0.4, -0.2) is 40.3 Å². The molecular formula is C13H15NO4. The monoisotopic (exact) mass is 249 g/mol. The molecule has 1 aliphatic heterocycles. The van der Waals surface area contributed by atoms with E-state index >= 15 is 0 Å². The maximum atomic E-state index is 11.3. The zero-order chi connectivity index (χ0) is 13.1. The lowest BCUT2D eigenvalue weighted by molar-refractivity contribution is -0.144. The number of aliphatic carboxylic acids is 1. The Morgan fingerprint density at radius 3 is 2.39 bits per heavy atom. The van der Waals surface area contributed by atoms with E-state index in [1.165, 1.54) is 4.90 Å². The minimum absolute atomic E-state index is 0.0597. The number of benzene rings is 1. The van der Waals surface area contributed by atoms with Gasteiger partial charge in [0.05, 0.1) is 5.92 Å². The Bertz CT molecular complexity index is 446. The van der Waals surface area contributed by atoms with Crippen LogP contribution in [0.15, 0.2) is 30.3 Å². The van der Waals surface area contributed by atoms with Gasteiger partial charge in [0, 0.05) is 19.0 Å². The van der Waals surface area contributed by atoms with Crippen LogP contribution in [-0.2, 0) is 4.79 Å². The number of carboxylic acids is 1. The van der Waals surface area contributed by atoms with Gasteiger partial charge in [-0.05, 0) is 12.0 Å². The van der Waals surface area contributed by atoms with Gasteiger partial charge in [-0.3, -0.25) is 4.79 Å². The molecule has 5 nitrogen and oxygen atoms in total. The van der Waals surface area contributed by atoms with E-state index in [1.807, 2.05) is 30.3 Å². The Balaban J connectivity index is 2.21. The average Bonchev–Trinajstić information content (AvgIpc) is 2.39. The topological polar surface area (TPSA) is 77.8 Å². The van der Waals surface area contributed by atoms with E-state index in [0.29, 0.717) is 13.0 Å². The smallest absolute Gasteiger partial charge is 0.407 e. The van der Waals surface area contributed by atoms with Crippen LogP contribution in [0.2, 0.25) is 0 Å². The Labute approximate surface area is 105 Å². The second-order valence-electron chi connectivity index (χ2n) is 4.48. The van der Waals surface area contributed by atoms with Crippen molar-refractivity contribution in [3.63, 3.8) is 0 Å². The van der Waals surface area contributed by atoms with Crippen LogP contribution in [0, 0.1) is 5.92 Å². The van der Waals surface area contributed by atoms with E-state index in [9.17, 15) is 14.7 Å². The zero-order valence-corrected chi connectivity index (χ0v) is 9.82. The Morgan fingerprint density at radius 1 is 1.17 bits per heavy atom. The third kappa shape index (κ3) is 2.45. The first-order valence-corrected chi connectivity index (χ1v) is 5.85. The highest BCUT2D eigenvalue weighted by molar-refractivity contribution is 5.74. The summed E-state index contributed by atoms with van der Waals surface area (Å²) in [5, 5.41) is 18.2. The van der Waals surface area contributed by atoms with Crippen molar-refractivity contribution in [1.29, 1.82) is 0 Å². The van der Waals surface area contributed by atoms with Gasteiger partial charge in [0.2, 0.25) is 0 Å². The van der Waals surface area contributed by atoms with E-state index in [2.05, 4.69) is 0 Å². The molecule has 0 bridgehead atoms. The lowest BCUT2D eigenvalue weighted by Gasteiger charge is -2.35. The SMILES string of the molecule is O=C(O)[C@H]1CN(C(=O)O)CC[C@H]1c1ccccc1. The van der Waals surface area contributed by atoms with E-state index in [1.54, 1.807) is 0 Å². The zero-order valence-electron chi connectivity index (χ0n) is 9.82. The standard InChI is InChI=1S/C13H15NO4/c15-12(16)11-8-14(13(17)18)7-6-10(11)9-4-2-1-3-5-9/h1-5,10-11H,6-8H2,(H,15,16)(H,17,18)/t10-,11-/m0/s1. The molecule has 1 heterocycles. The van der Waals surface area contributed by atoms with Crippen molar-refractivity contribution in [2.45, 2.75) is 12.3 Å². The molecule has 0 radical (unpaired) electrons. The van der Waals surface area contributed by atoms with Crippen LogP contribution in [0.1, 0.15) is 17.9 Å². The number of amides is 1. The fourth-order valence-corrected chi connectivity index (χ4v) is 2.48. The molecule has 96 valence electrons. The molecule has 0 unspecified atom stereocenters. The van der Waals surface area contributed by atoms with Crippen molar-refractivity contribution >= 4 is 12.1 Å². The van der Waals surface area contributed by atoms with E-state index in [-0.39, 0.29) is 12.5 Å². The fourth-order valence-electron chi connectivity index (χ4n) is 2.48. The predicted octanol–water partition coefficient (Wildman–Crippen LogP) is 1.85. The molecule has 0 aromatic heterocycles. The molecule has 1 aromatic rings. The minimum Gasteiger partial charge on any atom is -0.481 e. The van der Waals surface area contributed by atoms with Crippen molar-refractivity contribution in [2.24, 2.45) is 5.92 Å². The summed E-state index contributed by atoms with van der Waals surface area (Å²) in [6, 6.07) is 9.43. The summed E-state index contributed by atoms with van der Waals surface area (Å²) in [4.78, 5) is 23.4. The normalized spacial score (nSPS) is 23.7. The van der Waals surface area contributed by atoms with Gasteiger partial charge in [0.25, 0.3) is 0 Å². The highest BCUT2D eigenvalue weighted by Crippen LogP contribution is 2.33. The highest BCUT2D eigenvalue weighted by Gasteiger charge is 2.36. The third-order valence-corrected chi connectivity index (χ3v) is 3.43. The van der Waals surface area contributed by atoms with Gasteiger partial charge >= 0.3 is 12.1 Å². The van der Waals surface area contributed by atoms with Crippen LogP contribution >= 0.6 is 0 Å². The molecule has 1 fully saturated rings. The second-order valence-corrected chi connectivity index (χ2v) is 4.48. The van der Waals surface area contributed by atoms with Crippen molar-refractivity contribution in [3.05, 3.63) is 35.9 Å². The van der Waals surface area contributed by atoms with Gasteiger partial charge in [-0.1, -0.05) is 30.3 Å². The first-order valence-electron chi connectivity index (χ1n) is 5.85. The quantitative estimate of drug-likeness (QED) is 0.838. The molecule has 1 aromatic carbocycles. The number of nitrogens with zero attached hydrogens (tertiary/aromatic N) is 1. The summed E-state index contributed by atoms with van der Waals surface area (Å²) >= 11 is 0. The summed E-state index contributed by atoms with van der Waals surface area (Å²) in [5.41, 5.74) is 0.968. The number of hydrogen-bond donors (Lipinski definition) is 2. The molecule has 2 atom stereocenters. The van der Waals surface area contributed by atoms with Crippen molar-refractivity contribution < 1.29 is 19.8 Å². The molecule has 2 N–H and O–H groups in total. The number of rotatable bonds is 2. The van der Waals surface area contributed by atoms with Crippen LogP contribution in [0.3, 0.4) is 0 Å². The van der Waals surface area contributed by atoms with Crippen LogP contribution < -0.4 is 0 Å². The maximum Gasteiger partial charge on any atom is 0.407 e. The molecule has 0 aliphatic carbocycles. The van der Waals surface area contributed by atoms with Crippen molar-refractivity contribution in [1.82, 2.24) is 4.90 Å². The van der Waals surface area contributed by atoms with Crippen molar-refractivity contribution in [2.75, 3.05) is 13.1 Å². The van der Waals surface area contributed by atoms with E-state index in [4.69, 9.17) is 5.11 Å². The molecule has 0 saturated carbocycles. The molecule has 1 aliphatic rings. The van der Waals surface area contributed by atoms with Crippen molar-refractivity contribution in [3.8, 4) is 0 Å². The Hall–Kier alpha value is -2.04. The second kappa shape index (κ2) is 5.08. The van der Waals surface area contributed by atoms with Gasteiger partial charge < -0.3 is 15.1 Å². The van der Waals surface area contributed by atoms with Gasteiger partial charge in [0.1, 0.15) is 0 Å². The number of piperidine rings is 1. The van der Waals surface area contributed by atoms with Crippen LogP contribution in [0.4, 0.5) is 4.79 Å². The van der Waals surface area contributed by atoms with Gasteiger partial charge in [-0.25, -0.2) is 4.79 Å². The summed E-state index contributed by atoms with van der Waals surface area (Å²) in [7, 11) is 0. The van der Waals surface area contributed by atoms with Gasteiger partial charge in [-0.2, -0.15) is 0 Å². The van der Waals surface area contributed by atoms with E-state index in [0.717, 1.165) is 5.56 Å². The highest BCUT2D eigenvalue weighted by atomic mass is 16.4. The van der Waals surface area contributed by atoms with Crippen LogP contribution in [0.5, 0.6) is 0 Å². The first kappa shape index (κ1) is 12.4. The number of carbonyl (C=O) groups is 2. The summed E-state index contributed by atoms with van der Waals surface area (Å²) in [5.74, 6) is -1.72. The molecule has 5 heteroatoms. The summed E-state index contributed by atoms with van der Waals surface area (Å²) < 4.78 is 0. The number of hydrogen-bond acceptors (Lipinski definition) is 2. The first-order chi connectivity index (χ1) is 8.59. The lowest BCUT2D eigenvalue weighted by atomic mass is 9.80. The third-order valence-electron chi connectivity index (χ3n) is 3.43. The fraction of sp³-hybridized carbons (Fsp3) is 0.385. The summed E-state index contributed by atoms with van der Waals surface area (Å²) in [6.07, 6.45) is -0.499. The van der Waals surface area contributed by atoms with Crippen LogP contribution in [0.25, 0.3) is 0 Å². The molecule has 18 heavy (non-hydrogen) atoms. The van der Waals surface area contributed by atoms with Gasteiger partial charge in [0.15, 0.2) is 0 Å². The average molecular weight is 249 g/mol. The Morgan fingerprint density at radius 2 is 1.83 bits per heavy atom. The van der Waals surface area contributed by atoms with E-state index < -0.39 is 18.0 Å². The summed E-state index contributed by atoms with van der Waals surface area (Å²) in [6.45, 7) is 0.447. The predicted molar refractivity (Wildman–Crippen MR) is 64.5 cm³/mol. The Kier molecular flexibility index (Phi) is 3.50. The number of likely N-dealkylation sites (tertiary alicyclic amines) is 1. The number of carboxylic acid groups (broad SMARTS) is 2. The molecule has 0 spiro atoms. The van der Waals surface area contributed by atoms with Gasteiger partial charge in [-0.15, -0.1) is 0 Å². The molecule has 2 rings (SSSR count). The molecule has 1 saturated heterocycles. The largest absolute Gasteiger partial charge is 0.481 e. The minimum atomic E-state index is -1.05. The lowest BCUT2D eigenvalue weighted by Crippen LogP contribution is -2.45. The molecular weight excluding hydrogens is 234 g/mol. The maximum absolute atomic E-state index is 11.3.